The molecule has 0 aromatic heterocycles. The fraction of sp³-hybridized carbons (Fsp3) is 0.750. The number of rotatable bonds is 18. The van der Waals surface area contributed by atoms with Crippen LogP contribution in [0.2, 0.25) is 0 Å². The molecule has 4 amide bonds. The van der Waals surface area contributed by atoms with Crippen molar-refractivity contribution in [3.05, 3.63) is 0 Å². The number of carbonyl (C=O) groups is 6. The van der Waals surface area contributed by atoms with Gasteiger partial charge in [-0.25, -0.2) is 19.2 Å². The first-order valence-corrected chi connectivity index (χ1v) is 12.8. The van der Waals surface area contributed by atoms with E-state index in [0.29, 0.717) is 12.8 Å². The van der Waals surface area contributed by atoms with Gasteiger partial charge in [-0.15, -0.1) is 0 Å². The van der Waals surface area contributed by atoms with E-state index >= 15 is 0 Å². The minimum atomic E-state index is -1.17. The molecular weight excluding hydrogens is 504 g/mol. The molecule has 0 rings (SSSR count). The third-order valence-corrected chi connectivity index (χ3v) is 4.88. The number of urea groups is 2. The number of esters is 4. The first-order valence-electron chi connectivity index (χ1n) is 12.8. The van der Waals surface area contributed by atoms with E-state index in [1.807, 2.05) is 6.92 Å². The minimum absolute atomic E-state index is 0.0211. The third-order valence-electron chi connectivity index (χ3n) is 4.88. The van der Waals surface area contributed by atoms with E-state index in [4.69, 9.17) is 18.9 Å². The van der Waals surface area contributed by atoms with Crippen molar-refractivity contribution < 1.29 is 47.7 Å². The molecule has 3 atom stereocenters. The van der Waals surface area contributed by atoms with Crippen molar-refractivity contribution >= 4 is 35.9 Å². The molecule has 0 heterocycles. The number of hydrogen-bond acceptors (Lipinski definition) is 10. The molecule has 4 N–H and O–H groups in total. The van der Waals surface area contributed by atoms with Gasteiger partial charge in [-0.3, -0.25) is 9.59 Å². The summed E-state index contributed by atoms with van der Waals surface area (Å²) in [5.41, 5.74) is 0. The van der Waals surface area contributed by atoms with Gasteiger partial charge in [-0.05, 0) is 46.5 Å². The summed E-state index contributed by atoms with van der Waals surface area (Å²) in [6, 6.07) is -3.61. The van der Waals surface area contributed by atoms with Gasteiger partial charge in [0, 0.05) is 13.1 Å². The van der Waals surface area contributed by atoms with Gasteiger partial charge in [0.2, 0.25) is 0 Å². The molecule has 14 nitrogen and oxygen atoms in total. The highest BCUT2D eigenvalue weighted by atomic mass is 16.5. The fourth-order valence-electron chi connectivity index (χ4n) is 3.09. The van der Waals surface area contributed by atoms with Crippen molar-refractivity contribution in [1.82, 2.24) is 21.3 Å². The lowest BCUT2D eigenvalue weighted by Crippen LogP contribution is -2.48. The molecule has 38 heavy (non-hydrogen) atoms. The average Bonchev–Trinajstić information content (AvgIpc) is 2.85. The molecule has 0 saturated carbocycles. The second kappa shape index (κ2) is 20.5. The first kappa shape index (κ1) is 34.4. The lowest BCUT2D eigenvalue weighted by Gasteiger charge is -2.19. The molecule has 0 fully saturated rings. The molecule has 0 aromatic rings. The van der Waals surface area contributed by atoms with Crippen LogP contribution >= 0.6 is 0 Å². The van der Waals surface area contributed by atoms with Gasteiger partial charge < -0.3 is 40.2 Å². The van der Waals surface area contributed by atoms with Crippen LogP contribution in [-0.2, 0) is 38.1 Å². The van der Waals surface area contributed by atoms with Crippen LogP contribution in [0, 0.1) is 5.92 Å². The maximum atomic E-state index is 12.2. The summed E-state index contributed by atoms with van der Waals surface area (Å²) in [5.74, 6) is -2.72. The second-order valence-electron chi connectivity index (χ2n) is 8.13. The van der Waals surface area contributed by atoms with Crippen LogP contribution in [-0.4, -0.2) is 87.5 Å². The van der Waals surface area contributed by atoms with E-state index in [0.717, 1.165) is 0 Å². The Kier molecular flexibility index (Phi) is 18.5. The lowest BCUT2D eigenvalue weighted by atomic mass is 10.1. The van der Waals surface area contributed by atoms with Crippen LogP contribution < -0.4 is 21.3 Å². The standard InChI is InChI=1S/C24H42N4O10/c1-6-35-19(29)13-17(21(31)37-8-3)27-23(33)25-12-10-11-16(5)15-26-24(34)28-18(22(32)38-9-4)14-20(30)36-7-2/h16-18H,6-15H2,1-5H3,(H2,25,27,33)(H2,26,28,34). The quantitative estimate of drug-likeness (QED) is 0.109. The Hall–Kier alpha value is -3.58. The monoisotopic (exact) mass is 546 g/mol. The zero-order chi connectivity index (χ0) is 28.9. The molecule has 3 unspecified atom stereocenters. The predicted octanol–water partition coefficient (Wildman–Crippen LogP) is 0.771. The maximum Gasteiger partial charge on any atom is 0.329 e. The van der Waals surface area contributed by atoms with Crippen LogP contribution in [0.4, 0.5) is 9.59 Å². The molecule has 0 aromatic carbocycles. The Bertz CT molecular complexity index is 777. The van der Waals surface area contributed by atoms with Gasteiger partial charge in [0.05, 0.1) is 39.3 Å². The molecule has 0 saturated heterocycles. The largest absolute Gasteiger partial charge is 0.466 e. The van der Waals surface area contributed by atoms with Crippen LogP contribution in [0.25, 0.3) is 0 Å². The Morgan fingerprint density at radius 2 is 1.05 bits per heavy atom. The molecule has 0 aliphatic rings. The summed E-state index contributed by atoms with van der Waals surface area (Å²) < 4.78 is 19.4. The number of ether oxygens (including phenoxy) is 4. The highest BCUT2D eigenvalue weighted by Gasteiger charge is 2.27. The Morgan fingerprint density at radius 1 is 0.632 bits per heavy atom. The highest BCUT2D eigenvalue weighted by molar-refractivity contribution is 5.88. The van der Waals surface area contributed by atoms with Gasteiger partial charge in [0.25, 0.3) is 0 Å². The summed E-state index contributed by atoms with van der Waals surface area (Å²) in [6.45, 7) is 9.42. The van der Waals surface area contributed by atoms with Crippen LogP contribution in [0.15, 0.2) is 0 Å². The zero-order valence-corrected chi connectivity index (χ0v) is 22.9. The van der Waals surface area contributed by atoms with Crippen LogP contribution in [0.3, 0.4) is 0 Å². The van der Waals surface area contributed by atoms with E-state index in [-0.39, 0.29) is 58.3 Å². The molecule has 0 radical (unpaired) electrons. The van der Waals surface area contributed by atoms with Crippen LogP contribution in [0.1, 0.15) is 60.3 Å². The summed E-state index contributed by atoms with van der Waals surface area (Å²) in [4.78, 5) is 71.9. The van der Waals surface area contributed by atoms with Gasteiger partial charge in [-0.1, -0.05) is 6.92 Å². The average molecular weight is 547 g/mol. The van der Waals surface area contributed by atoms with Crippen molar-refractivity contribution in [3.63, 3.8) is 0 Å². The van der Waals surface area contributed by atoms with E-state index < -0.39 is 48.0 Å². The Balaban J connectivity index is 4.48. The second-order valence-corrected chi connectivity index (χ2v) is 8.13. The molecule has 14 heteroatoms. The van der Waals surface area contributed by atoms with Gasteiger partial charge in [0.15, 0.2) is 0 Å². The molecule has 218 valence electrons. The topological polar surface area (TPSA) is 187 Å². The normalized spacial score (nSPS) is 12.7. The molecule has 0 aliphatic carbocycles. The summed E-state index contributed by atoms with van der Waals surface area (Å²) in [5, 5.41) is 10.1. The first-order chi connectivity index (χ1) is 18.1. The number of amides is 4. The number of nitrogens with one attached hydrogen (secondary N) is 4. The molecule has 0 spiro atoms. The van der Waals surface area contributed by atoms with Crippen molar-refractivity contribution in [2.45, 2.75) is 72.4 Å². The Labute approximate surface area is 223 Å². The number of carbonyl (C=O) groups excluding carboxylic acids is 6. The fourth-order valence-corrected chi connectivity index (χ4v) is 3.09. The van der Waals surface area contributed by atoms with Crippen molar-refractivity contribution in [3.8, 4) is 0 Å². The minimum Gasteiger partial charge on any atom is -0.466 e. The van der Waals surface area contributed by atoms with Gasteiger partial charge in [-0.2, -0.15) is 0 Å². The smallest absolute Gasteiger partial charge is 0.329 e. The molecule has 0 bridgehead atoms. The molecular formula is C24H42N4O10. The van der Waals surface area contributed by atoms with Gasteiger partial charge in [0.1, 0.15) is 12.1 Å². The van der Waals surface area contributed by atoms with Crippen molar-refractivity contribution in [2.75, 3.05) is 39.5 Å². The summed E-state index contributed by atoms with van der Waals surface area (Å²) in [6.07, 6.45) is 0.505. The van der Waals surface area contributed by atoms with E-state index in [9.17, 15) is 28.8 Å². The van der Waals surface area contributed by atoms with Crippen molar-refractivity contribution in [1.29, 1.82) is 0 Å². The summed E-state index contributed by atoms with van der Waals surface area (Å²) in [7, 11) is 0. The SMILES string of the molecule is CCOC(=O)CC(NC(=O)NCCCC(C)CNC(=O)NC(CC(=O)OCC)C(=O)OCC)C(=O)OCC. The zero-order valence-electron chi connectivity index (χ0n) is 22.9. The van der Waals surface area contributed by atoms with Crippen molar-refractivity contribution in [2.24, 2.45) is 5.92 Å². The summed E-state index contributed by atoms with van der Waals surface area (Å²) >= 11 is 0. The third kappa shape index (κ3) is 16.2. The maximum absolute atomic E-state index is 12.2. The van der Waals surface area contributed by atoms with E-state index in [1.165, 1.54) is 0 Å². The van der Waals surface area contributed by atoms with E-state index in [2.05, 4.69) is 21.3 Å². The predicted molar refractivity (Wildman–Crippen MR) is 135 cm³/mol. The van der Waals surface area contributed by atoms with E-state index in [1.54, 1.807) is 27.7 Å². The van der Waals surface area contributed by atoms with Gasteiger partial charge >= 0.3 is 35.9 Å². The number of hydrogen-bond donors (Lipinski definition) is 4. The highest BCUT2D eigenvalue weighted by Crippen LogP contribution is 2.04. The molecule has 0 aliphatic heterocycles. The Morgan fingerprint density at radius 3 is 1.47 bits per heavy atom. The lowest BCUT2D eigenvalue weighted by molar-refractivity contribution is -0.152. The van der Waals surface area contributed by atoms with Crippen LogP contribution in [0.5, 0.6) is 0 Å².